The van der Waals surface area contributed by atoms with Crippen LogP contribution < -0.4 is 10.6 Å². The van der Waals surface area contributed by atoms with Crippen molar-refractivity contribution < 1.29 is 19.5 Å². The zero-order chi connectivity index (χ0) is 28.0. The molecule has 0 bridgehead atoms. The Morgan fingerprint density at radius 3 is 2.08 bits per heavy atom. The second-order valence-corrected chi connectivity index (χ2v) is 12.0. The lowest BCUT2D eigenvalue weighted by atomic mass is 9.64. The maximum atomic E-state index is 14.0. The summed E-state index contributed by atoms with van der Waals surface area (Å²) in [6.07, 6.45) is 6.68. The fourth-order valence-corrected chi connectivity index (χ4v) is 5.66. The first-order valence-corrected chi connectivity index (χ1v) is 13.5. The third kappa shape index (κ3) is 7.22. The van der Waals surface area contributed by atoms with Gasteiger partial charge in [-0.1, -0.05) is 90.3 Å². The number of aliphatic carboxylic acids is 1. The molecule has 1 saturated carbocycles. The zero-order valence-electron chi connectivity index (χ0n) is 23.9. The molecule has 3 N–H and O–H groups in total. The van der Waals surface area contributed by atoms with Crippen molar-refractivity contribution in [3.63, 3.8) is 0 Å². The molecule has 2 rings (SSSR count). The second-order valence-electron chi connectivity index (χ2n) is 12.0. The lowest BCUT2D eigenvalue weighted by Crippen LogP contribution is -2.62. The van der Waals surface area contributed by atoms with Crippen molar-refractivity contribution in [1.82, 2.24) is 15.5 Å². The number of carbonyl (C=O) groups excluding carboxylic acids is 2. The molecule has 0 aliphatic heterocycles. The van der Waals surface area contributed by atoms with Gasteiger partial charge in [0.05, 0.1) is 12.1 Å². The van der Waals surface area contributed by atoms with Crippen molar-refractivity contribution in [2.24, 2.45) is 11.3 Å². The van der Waals surface area contributed by atoms with Crippen molar-refractivity contribution in [2.45, 2.75) is 97.2 Å². The number of carbonyl (C=O) groups is 3. The molecule has 0 spiro atoms. The first-order chi connectivity index (χ1) is 17.3. The molecule has 0 heterocycles. The molecule has 37 heavy (non-hydrogen) atoms. The largest absolute Gasteiger partial charge is 0.478 e. The van der Waals surface area contributed by atoms with Gasteiger partial charge in [-0.25, -0.2) is 4.79 Å². The molecule has 0 radical (unpaired) electrons. The molecule has 1 unspecified atom stereocenters. The van der Waals surface area contributed by atoms with Crippen molar-refractivity contribution in [3.8, 4) is 0 Å². The molecule has 206 valence electrons. The van der Waals surface area contributed by atoms with Crippen LogP contribution in [0.4, 0.5) is 0 Å². The molecule has 7 nitrogen and oxygen atoms in total. The van der Waals surface area contributed by atoms with E-state index in [-0.39, 0.29) is 28.7 Å². The minimum Gasteiger partial charge on any atom is -0.478 e. The molecular formula is C30H47N3O4. The predicted octanol–water partition coefficient (Wildman–Crippen LogP) is 4.52. The van der Waals surface area contributed by atoms with Gasteiger partial charge in [0.15, 0.2) is 0 Å². The maximum Gasteiger partial charge on any atom is 0.331 e. The number of amides is 2. The minimum atomic E-state index is -1.01. The van der Waals surface area contributed by atoms with Gasteiger partial charge in [0.1, 0.15) is 6.04 Å². The van der Waals surface area contributed by atoms with Gasteiger partial charge in [0.2, 0.25) is 11.8 Å². The van der Waals surface area contributed by atoms with E-state index < -0.39 is 29.5 Å². The summed E-state index contributed by atoms with van der Waals surface area (Å²) < 4.78 is 0. The molecule has 1 aromatic carbocycles. The van der Waals surface area contributed by atoms with Crippen molar-refractivity contribution >= 4 is 17.8 Å². The van der Waals surface area contributed by atoms with Crippen LogP contribution in [0.2, 0.25) is 0 Å². The van der Waals surface area contributed by atoms with Crippen molar-refractivity contribution in [2.75, 3.05) is 14.1 Å². The number of nitrogens with zero attached hydrogens (tertiary/aromatic N) is 1. The van der Waals surface area contributed by atoms with Crippen LogP contribution in [0.25, 0.3) is 0 Å². The molecule has 0 saturated heterocycles. The summed E-state index contributed by atoms with van der Waals surface area (Å²) in [5.74, 6) is -1.44. The Kier molecular flexibility index (Phi) is 10.5. The first kappa shape index (κ1) is 30.6. The van der Waals surface area contributed by atoms with Gasteiger partial charge in [-0.15, -0.1) is 0 Å². The number of hydrogen-bond acceptors (Lipinski definition) is 4. The summed E-state index contributed by atoms with van der Waals surface area (Å²) >= 11 is 0. The van der Waals surface area contributed by atoms with Gasteiger partial charge in [0.25, 0.3) is 0 Å². The number of carboxylic acid groups (broad SMARTS) is 1. The van der Waals surface area contributed by atoms with E-state index in [1.165, 1.54) is 6.92 Å². The van der Waals surface area contributed by atoms with E-state index in [0.717, 1.165) is 37.7 Å². The van der Waals surface area contributed by atoms with Gasteiger partial charge >= 0.3 is 5.97 Å². The molecule has 1 fully saturated rings. The second kappa shape index (κ2) is 12.7. The number of likely N-dealkylation sites (N-methyl/N-ethyl adjacent to an activating group) is 2. The number of nitrogens with one attached hydrogen (secondary N) is 2. The minimum absolute atomic E-state index is 0.00628. The Hall–Kier alpha value is -2.67. The van der Waals surface area contributed by atoms with Crippen LogP contribution in [0.3, 0.4) is 0 Å². The summed E-state index contributed by atoms with van der Waals surface area (Å²) in [5, 5.41) is 15.8. The average molecular weight is 514 g/mol. The fourth-order valence-electron chi connectivity index (χ4n) is 5.66. The van der Waals surface area contributed by atoms with Crippen LogP contribution in [-0.4, -0.2) is 60.0 Å². The highest BCUT2D eigenvalue weighted by Gasteiger charge is 2.46. The number of carboxylic acids is 1. The predicted molar refractivity (Wildman–Crippen MR) is 148 cm³/mol. The SMILES string of the molecule is CNC(C(=O)N[C@H](C(=O)N(C)[C@@H](/C=C(\C)C(=O)O)C(C)C)C(C)(C)C)C1(c2ccccc2)CCCCC1. The van der Waals surface area contributed by atoms with E-state index in [0.29, 0.717) is 0 Å². The van der Waals surface area contributed by atoms with Crippen molar-refractivity contribution in [1.29, 1.82) is 0 Å². The highest BCUT2D eigenvalue weighted by Crippen LogP contribution is 2.42. The van der Waals surface area contributed by atoms with Crippen LogP contribution in [0, 0.1) is 11.3 Å². The normalized spacial score (nSPS) is 18.6. The fraction of sp³-hybridized carbons (Fsp3) is 0.633. The summed E-state index contributed by atoms with van der Waals surface area (Å²) in [4.78, 5) is 40.9. The highest BCUT2D eigenvalue weighted by atomic mass is 16.4. The topological polar surface area (TPSA) is 98.7 Å². The van der Waals surface area contributed by atoms with Crippen LogP contribution in [0.15, 0.2) is 42.0 Å². The molecule has 3 atom stereocenters. The molecule has 1 aliphatic carbocycles. The third-order valence-electron chi connectivity index (χ3n) is 7.83. The van der Waals surface area contributed by atoms with E-state index in [4.69, 9.17) is 0 Å². The lowest BCUT2D eigenvalue weighted by Gasteiger charge is -2.44. The summed E-state index contributed by atoms with van der Waals surface area (Å²) in [7, 11) is 3.50. The van der Waals surface area contributed by atoms with Gasteiger partial charge < -0.3 is 20.6 Å². The Labute approximate surface area is 223 Å². The smallest absolute Gasteiger partial charge is 0.331 e. The summed E-state index contributed by atoms with van der Waals surface area (Å²) in [6, 6.07) is 8.55. The van der Waals surface area contributed by atoms with Crippen molar-refractivity contribution in [3.05, 3.63) is 47.5 Å². The molecule has 2 amide bonds. The number of benzene rings is 1. The van der Waals surface area contributed by atoms with Gasteiger partial charge in [-0.05, 0) is 43.7 Å². The Morgan fingerprint density at radius 2 is 1.62 bits per heavy atom. The monoisotopic (exact) mass is 513 g/mol. The number of rotatable bonds is 10. The van der Waals surface area contributed by atoms with Crippen LogP contribution in [-0.2, 0) is 19.8 Å². The first-order valence-electron chi connectivity index (χ1n) is 13.5. The zero-order valence-corrected chi connectivity index (χ0v) is 23.9. The Morgan fingerprint density at radius 1 is 1.05 bits per heavy atom. The van der Waals surface area contributed by atoms with Gasteiger partial charge in [-0.3, -0.25) is 9.59 Å². The quantitative estimate of drug-likeness (QED) is 0.400. The Balaban J connectivity index is 2.41. The van der Waals surface area contributed by atoms with E-state index in [9.17, 15) is 19.5 Å². The molecule has 1 aliphatic rings. The standard InChI is InChI=1S/C30H47N3O4/c1-20(2)23(19-21(3)28(36)37)33(8)27(35)25(29(4,5)6)32-26(34)24(31-7)30(17-13-10-14-18-30)22-15-11-9-12-16-22/h9,11-12,15-16,19-20,23-25,31H,10,13-14,17-18H2,1-8H3,(H,32,34)(H,36,37)/b21-19+/t23-,24?,25+/m0/s1. The summed E-state index contributed by atoms with van der Waals surface area (Å²) in [5.41, 5.74) is 0.428. The van der Waals surface area contributed by atoms with Crippen LogP contribution >= 0.6 is 0 Å². The molecule has 1 aromatic rings. The van der Waals surface area contributed by atoms with E-state index in [1.807, 2.05) is 59.9 Å². The Bertz CT molecular complexity index is 959. The molecule has 7 heteroatoms. The van der Waals surface area contributed by atoms with E-state index >= 15 is 0 Å². The van der Waals surface area contributed by atoms with Gasteiger partial charge in [0, 0.05) is 18.0 Å². The maximum absolute atomic E-state index is 14.0. The van der Waals surface area contributed by atoms with E-state index in [1.54, 1.807) is 18.0 Å². The number of hydrogen-bond donors (Lipinski definition) is 3. The van der Waals surface area contributed by atoms with E-state index in [2.05, 4.69) is 22.8 Å². The van der Waals surface area contributed by atoms with Crippen LogP contribution in [0.1, 0.15) is 79.2 Å². The van der Waals surface area contributed by atoms with Gasteiger partial charge in [-0.2, -0.15) is 0 Å². The lowest BCUT2D eigenvalue weighted by molar-refractivity contribution is -0.141. The average Bonchev–Trinajstić information content (AvgIpc) is 2.85. The highest BCUT2D eigenvalue weighted by molar-refractivity contribution is 5.92. The third-order valence-corrected chi connectivity index (χ3v) is 7.83. The molecular weight excluding hydrogens is 466 g/mol. The summed E-state index contributed by atoms with van der Waals surface area (Å²) in [6.45, 7) is 11.3. The van der Waals surface area contributed by atoms with Crippen LogP contribution in [0.5, 0.6) is 0 Å². The molecule has 0 aromatic heterocycles.